The van der Waals surface area contributed by atoms with Gasteiger partial charge in [-0.15, -0.1) is 0 Å². The number of carbonyl (C=O) groups excluding carboxylic acids is 1. The van der Waals surface area contributed by atoms with Gasteiger partial charge in [-0.05, 0) is 13.8 Å². The van der Waals surface area contributed by atoms with E-state index in [0.717, 1.165) is 5.69 Å². The van der Waals surface area contributed by atoms with Crippen LogP contribution in [0.1, 0.15) is 25.6 Å². The first kappa shape index (κ1) is 11.7. The highest BCUT2D eigenvalue weighted by atomic mass is 16.5. The molecule has 0 amide bonds. The summed E-state index contributed by atoms with van der Waals surface area (Å²) in [6.45, 7) is 3.96. The van der Waals surface area contributed by atoms with Crippen molar-refractivity contribution < 1.29 is 9.53 Å². The zero-order valence-electron chi connectivity index (χ0n) is 9.52. The van der Waals surface area contributed by atoms with Gasteiger partial charge in [0.15, 0.2) is 0 Å². The number of aryl methyl sites for hydroxylation is 1. The molecule has 1 heterocycles. The second-order valence-corrected chi connectivity index (χ2v) is 3.71. The van der Waals surface area contributed by atoms with Crippen molar-refractivity contribution in [3.63, 3.8) is 0 Å². The van der Waals surface area contributed by atoms with Crippen LogP contribution in [0, 0.1) is 0 Å². The highest BCUT2D eigenvalue weighted by Crippen LogP contribution is 2.13. The fourth-order valence-corrected chi connectivity index (χ4v) is 1.37. The Morgan fingerprint density at radius 3 is 2.67 bits per heavy atom. The number of hydrogen-bond acceptors (Lipinski definition) is 4. The number of nitrogens with one attached hydrogen (secondary N) is 1. The number of imidazole rings is 1. The first-order valence-corrected chi connectivity index (χ1v) is 4.86. The van der Waals surface area contributed by atoms with Crippen LogP contribution >= 0.6 is 0 Å². The predicted octanol–water partition coefficient (Wildman–Crippen LogP) is 0.632. The van der Waals surface area contributed by atoms with Gasteiger partial charge in [-0.1, -0.05) is 0 Å². The van der Waals surface area contributed by atoms with E-state index in [1.54, 1.807) is 17.1 Å². The molecule has 0 aliphatic carbocycles. The van der Waals surface area contributed by atoms with E-state index in [1.807, 2.05) is 20.9 Å². The normalized spacial score (nSPS) is 12.9. The molecule has 0 aliphatic rings. The van der Waals surface area contributed by atoms with Gasteiger partial charge in [-0.2, -0.15) is 0 Å². The molecule has 15 heavy (non-hydrogen) atoms. The molecule has 0 aliphatic heterocycles. The summed E-state index contributed by atoms with van der Waals surface area (Å²) in [5, 5.41) is 3.14. The molecule has 84 valence electrons. The van der Waals surface area contributed by atoms with E-state index in [9.17, 15) is 4.79 Å². The van der Waals surface area contributed by atoms with Gasteiger partial charge < -0.3 is 9.30 Å². The van der Waals surface area contributed by atoms with Gasteiger partial charge in [-0.25, -0.2) is 9.78 Å². The molecule has 0 spiro atoms. The highest BCUT2D eigenvalue weighted by Gasteiger charge is 2.24. The molecular formula is C10H17N3O2. The Hall–Kier alpha value is -1.36. The van der Waals surface area contributed by atoms with Crippen molar-refractivity contribution in [3.8, 4) is 0 Å². The Morgan fingerprint density at radius 1 is 1.60 bits per heavy atom. The molecule has 1 aromatic rings. The van der Waals surface area contributed by atoms with Crippen molar-refractivity contribution in [2.75, 3.05) is 7.11 Å². The molecule has 0 bridgehead atoms. The molecule has 0 radical (unpaired) electrons. The Kier molecular flexibility index (Phi) is 3.85. The maximum atomic E-state index is 11.6. The maximum Gasteiger partial charge on any atom is 0.329 e. The summed E-state index contributed by atoms with van der Waals surface area (Å²) in [4.78, 5) is 15.6. The number of ether oxygens (including phenoxy) is 1. The number of esters is 1. The molecule has 1 aromatic heterocycles. The molecule has 1 N–H and O–H groups in total. The van der Waals surface area contributed by atoms with Crippen molar-refractivity contribution in [3.05, 3.63) is 18.2 Å². The Bertz CT molecular complexity index is 333. The average Bonchev–Trinajstić information content (AvgIpc) is 2.59. The molecule has 1 atom stereocenters. The summed E-state index contributed by atoms with van der Waals surface area (Å²) in [5.74, 6) is -0.299. The fraction of sp³-hybridized carbons (Fsp3) is 0.600. The van der Waals surface area contributed by atoms with Gasteiger partial charge in [0.1, 0.15) is 6.04 Å². The van der Waals surface area contributed by atoms with Gasteiger partial charge in [0.25, 0.3) is 0 Å². The van der Waals surface area contributed by atoms with Gasteiger partial charge in [0, 0.05) is 13.1 Å². The average molecular weight is 211 g/mol. The minimum absolute atomic E-state index is 0.198. The van der Waals surface area contributed by atoms with Crippen LogP contribution in [0.5, 0.6) is 0 Å². The molecule has 0 saturated carbocycles. The molecule has 1 unspecified atom stereocenters. The quantitative estimate of drug-likeness (QED) is 0.742. The fourth-order valence-electron chi connectivity index (χ4n) is 1.37. The monoisotopic (exact) mass is 211 g/mol. The third-order valence-electron chi connectivity index (χ3n) is 2.09. The van der Waals surface area contributed by atoms with Gasteiger partial charge in [-0.3, -0.25) is 5.32 Å². The zero-order chi connectivity index (χ0) is 11.4. The van der Waals surface area contributed by atoms with Crippen molar-refractivity contribution in [1.29, 1.82) is 0 Å². The zero-order valence-corrected chi connectivity index (χ0v) is 9.52. The van der Waals surface area contributed by atoms with E-state index in [1.165, 1.54) is 7.11 Å². The lowest BCUT2D eigenvalue weighted by Gasteiger charge is -2.19. The SMILES string of the molecule is COC(=O)C(NC(C)C)c1cncn1C. The molecule has 5 nitrogen and oxygen atoms in total. The Balaban J connectivity index is 2.91. The number of methoxy groups -OCH3 is 1. The summed E-state index contributed by atoms with van der Waals surface area (Å²) in [6.07, 6.45) is 3.32. The molecule has 5 heteroatoms. The topological polar surface area (TPSA) is 56.1 Å². The molecule has 0 fully saturated rings. The van der Waals surface area contributed by atoms with Crippen molar-refractivity contribution in [1.82, 2.24) is 14.9 Å². The van der Waals surface area contributed by atoms with Crippen LogP contribution in [0.3, 0.4) is 0 Å². The van der Waals surface area contributed by atoms with Crippen LogP contribution in [0.2, 0.25) is 0 Å². The molecule has 1 rings (SSSR count). The highest BCUT2D eigenvalue weighted by molar-refractivity contribution is 5.76. The number of nitrogens with zero attached hydrogens (tertiary/aromatic N) is 2. The lowest BCUT2D eigenvalue weighted by atomic mass is 10.2. The lowest BCUT2D eigenvalue weighted by molar-refractivity contribution is -0.143. The van der Waals surface area contributed by atoms with Gasteiger partial charge in [0.2, 0.25) is 0 Å². The Morgan fingerprint density at radius 2 is 2.27 bits per heavy atom. The van der Waals surface area contributed by atoms with Crippen molar-refractivity contribution >= 4 is 5.97 Å². The summed E-state index contributed by atoms with van der Waals surface area (Å²) in [5.41, 5.74) is 0.801. The minimum atomic E-state index is -0.456. The third kappa shape index (κ3) is 2.79. The third-order valence-corrected chi connectivity index (χ3v) is 2.09. The van der Waals surface area contributed by atoms with Crippen LogP contribution in [0.15, 0.2) is 12.5 Å². The van der Waals surface area contributed by atoms with E-state index in [4.69, 9.17) is 4.74 Å². The van der Waals surface area contributed by atoms with Gasteiger partial charge in [0.05, 0.1) is 25.3 Å². The van der Waals surface area contributed by atoms with E-state index >= 15 is 0 Å². The first-order chi connectivity index (χ1) is 7.06. The summed E-state index contributed by atoms with van der Waals surface area (Å²) >= 11 is 0. The van der Waals surface area contributed by atoms with Crippen LogP contribution in [-0.2, 0) is 16.6 Å². The lowest BCUT2D eigenvalue weighted by Crippen LogP contribution is -2.35. The molecule has 0 saturated heterocycles. The number of rotatable bonds is 4. The van der Waals surface area contributed by atoms with Crippen LogP contribution < -0.4 is 5.32 Å². The van der Waals surface area contributed by atoms with Crippen LogP contribution in [-0.4, -0.2) is 28.7 Å². The van der Waals surface area contributed by atoms with Crippen molar-refractivity contribution in [2.24, 2.45) is 7.05 Å². The molecular weight excluding hydrogens is 194 g/mol. The van der Waals surface area contributed by atoms with E-state index in [-0.39, 0.29) is 12.0 Å². The number of hydrogen-bond donors (Lipinski definition) is 1. The number of carbonyl (C=O) groups is 1. The second-order valence-electron chi connectivity index (χ2n) is 3.71. The van der Waals surface area contributed by atoms with Gasteiger partial charge >= 0.3 is 5.97 Å². The maximum absolute atomic E-state index is 11.6. The van der Waals surface area contributed by atoms with Crippen molar-refractivity contribution in [2.45, 2.75) is 25.9 Å². The Labute approximate surface area is 89.4 Å². The van der Waals surface area contributed by atoms with E-state index in [0.29, 0.717) is 0 Å². The minimum Gasteiger partial charge on any atom is -0.468 e. The summed E-state index contributed by atoms with van der Waals surface area (Å²) in [7, 11) is 3.23. The van der Waals surface area contributed by atoms with E-state index in [2.05, 4.69) is 10.3 Å². The molecule has 0 aromatic carbocycles. The second kappa shape index (κ2) is 4.93. The predicted molar refractivity (Wildman–Crippen MR) is 56.2 cm³/mol. The standard InChI is InChI=1S/C10H17N3O2/c1-7(2)12-9(10(14)15-4)8-5-11-6-13(8)3/h5-7,9,12H,1-4H3. The summed E-state index contributed by atoms with van der Waals surface area (Å²) < 4.78 is 6.55. The summed E-state index contributed by atoms with van der Waals surface area (Å²) in [6, 6.07) is -0.258. The van der Waals surface area contributed by atoms with Crippen LogP contribution in [0.4, 0.5) is 0 Å². The number of aromatic nitrogens is 2. The smallest absolute Gasteiger partial charge is 0.329 e. The first-order valence-electron chi connectivity index (χ1n) is 4.86. The largest absolute Gasteiger partial charge is 0.468 e. The van der Waals surface area contributed by atoms with E-state index < -0.39 is 6.04 Å². The van der Waals surface area contributed by atoms with Crippen LogP contribution in [0.25, 0.3) is 0 Å².